The van der Waals surface area contributed by atoms with E-state index in [9.17, 15) is 4.79 Å². The molecule has 0 bridgehead atoms. The normalized spacial score (nSPS) is 12.7. The highest BCUT2D eigenvalue weighted by Gasteiger charge is 2.13. The summed E-state index contributed by atoms with van der Waals surface area (Å²) in [5.74, 6) is -0.184. The number of thiophene rings is 1. The van der Waals surface area contributed by atoms with Gasteiger partial charge in [-0.05, 0) is 24.3 Å². The van der Waals surface area contributed by atoms with Crippen LogP contribution < -0.4 is 5.32 Å². The summed E-state index contributed by atoms with van der Waals surface area (Å²) in [6.07, 6.45) is 6.06. The number of hydrogen-bond donors (Lipinski definition) is 1. The van der Waals surface area contributed by atoms with Gasteiger partial charge in [0.1, 0.15) is 6.10 Å². The molecule has 0 fully saturated rings. The lowest BCUT2D eigenvalue weighted by molar-refractivity contribution is -0.117. The molecule has 0 spiro atoms. The maximum Gasteiger partial charge on any atom is 0.244 e. The summed E-state index contributed by atoms with van der Waals surface area (Å²) in [4.78, 5) is 12.7. The van der Waals surface area contributed by atoms with Crippen LogP contribution in [0.2, 0.25) is 4.34 Å². The molecule has 2 aromatic rings. The van der Waals surface area contributed by atoms with Crippen molar-refractivity contribution in [3.63, 3.8) is 0 Å². The average Bonchev–Trinajstić information content (AvgIpc) is 3.09. The Morgan fingerprint density at radius 3 is 3.00 bits per heavy atom. The van der Waals surface area contributed by atoms with Crippen molar-refractivity contribution in [3.8, 4) is 0 Å². The maximum absolute atomic E-state index is 11.7. The van der Waals surface area contributed by atoms with E-state index in [0.29, 0.717) is 10.9 Å². The Labute approximate surface area is 126 Å². The third kappa shape index (κ3) is 4.23. The first-order valence-corrected chi connectivity index (χ1v) is 7.14. The monoisotopic (exact) mass is 311 g/mol. The molecule has 0 aromatic carbocycles. The van der Waals surface area contributed by atoms with Crippen LogP contribution in [0.1, 0.15) is 16.5 Å². The molecule has 0 aliphatic heterocycles. The number of carbonyl (C=O) groups is 1. The number of hydrogen-bond acceptors (Lipinski definition) is 4. The molecule has 2 rings (SSSR count). The van der Waals surface area contributed by atoms with Gasteiger partial charge >= 0.3 is 0 Å². The molecule has 1 atom stereocenters. The van der Waals surface area contributed by atoms with E-state index in [-0.39, 0.29) is 12.0 Å². The van der Waals surface area contributed by atoms with E-state index < -0.39 is 0 Å². The van der Waals surface area contributed by atoms with E-state index in [0.717, 1.165) is 10.4 Å². The first-order chi connectivity index (χ1) is 9.69. The van der Waals surface area contributed by atoms with Crippen molar-refractivity contribution < 1.29 is 13.9 Å². The van der Waals surface area contributed by atoms with E-state index >= 15 is 0 Å². The molecule has 0 saturated carbocycles. The van der Waals surface area contributed by atoms with E-state index in [1.54, 1.807) is 31.8 Å². The zero-order valence-corrected chi connectivity index (χ0v) is 12.4. The minimum absolute atomic E-state index is 0.184. The second-order valence-electron chi connectivity index (χ2n) is 4.00. The molecule has 2 heterocycles. The third-order valence-corrected chi connectivity index (χ3v) is 3.95. The summed E-state index contributed by atoms with van der Waals surface area (Å²) in [6.45, 7) is 0.391. The van der Waals surface area contributed by atoms with Crippen molar-refractivity contribution in [2.24, 2.45) is 0 Å². The Kier molecular flexibility index (Phi) is 5.40. The Balaban J connectivity index is 1.85. The molecule has 0 aliphatic carbocycles. The number of halogens is 1. The van der Waals surface area contributed by atoms with Gasteiger partial charge < -0.3 is 14.5 Å². The van der Waals surface area contributed by atoms with Crippen molar-refractivity contribution >= 4 is 34.9 Å². The van der Waals surface area contributed by atoms with Crippen LogP contribution in [0, 0.1) is 0 Å². The molecule has 0 aliphatic rings. The Morgan fingerprint density at radius 1 is 1.55 bits per heavy atom. The summed E-state index contributed by atoms with van der Waals surface area (Å²) in [7, 11) is 1.60. The summed E-state index contributed by atoms with van der Waals surface area (Å²) in [5, 5.41) is 2.79. The molecule has 1 N–H and O–H groups in total. The summed E-state index contributed by atoms with van der Waals surface area (Å²) in [6, 6.07) is 5.48. The van der Waals surface area contributed by atoms with E-state index in [2.05, 4.69) is 5.32 Å². The molecule has 6 heteroatoms. The fraction of sp³-hybridized carbons (Fsp3) is 0.214. The van der Waals surface area contributed by atoms with Crippen LogP contribution in [0.15, 0.2) is 41.2 Å². The van der Waals surface area contributed by atoms with Crippen LogP contribution in [0.4, 0.5) is 0 Å². The maximum atomic E-state index is 11.7. The Morgan fingerprint density at radius 2 is 2.40 bits per heavy atom. The van der Waals surface area contributed by atoms with E-state index in [1.165, 1.54) is 17.4 Å². The largest absolute Gasteiger partial charge is 0.472 e. The quantitative estimate of drug-likeness (QED) is 0.831. The van der Waals surface area contributed by atoms with Crippen LogP contribution >= 0.6 is 22.9 Å². The van der Waals surface area contributed by atoms with Crippen LogP contribution in [-0.4, -0.2) is 19.6 Å². The van der Waals surface area contributed by atoms with E-state index in [4.69, 9.17) is 20.8 Å². The number of methoxy groups -OCH3 is 1. The van der Waals surface area contributed by atoms with Crippen molar-refractivity contribution in [2.45, 2.75) is 6.10 Å². The highest BCUT2D eigenvalue weighted by Crippen LogP contribution is 2.28. The predicted molar refractivity (Wildman–Crippen MR) is 79.8 cm³/mol. The fourth-order valence-corrected chi connectivity index (χ4v) is 2.73. The van der Waals surface area contributed by atoms with Gasteiger partial charge in [-0.2, -0.15) is 0 Å². The van der Waals surface area contributed by atoms with Gasteiger partial charge in [-0.1, -0.05) is 11.6 Å². The Bertz CT molecular complexity index is 577. The first kappa shape index (κ1) is 14.8. The smallest absolute Gasteiger partial charge is 0.244 e. The zero-order chi connectivity index (χ0) is 14.4. The van der Waals surface area contributed by atoms with Gasteiger partial charge in [0.25, 0.3) is 0 Å². The van der Waals surface area contributed by atoms with Gasteiger partial charge in [-0.3, -0.25) is 4.79 Å². The number of furan rings is 1. The molecule has 1 amide bonds. The Hall–Kier alpha value is -1.56. The minimum atomic E-state index is -0.196. The SMILES string of the molecule is COC(CNC(=O)/C=C/c1ccoc1)c1ccc(Cl)s1. The molecule has 0 saturated heterocycles. The van der Waals surface area contributed by atoms with Gasteiger partial charge in [0.15, 0.2) is 0 Å². The molecular weight excluding hydrogens is 298 g/mol. The second kappa shape index (κ2) is 7.28. The fourth-order valence-electron chi connectivity index (χ4n) is 1.60. The molecule has 4 nitrogen and oxygen atoms in total. The molecule has 1 unspecified atom stereocenters. The summed E-state index contributed by atoms with van der Waals surface area (Å²) in [5.41, 5.74) is 0.841. The predicted octanol–water partition coefficient (Wildman–Crippen LogP) is 3.51. The number of rotatable bonds is 6. The van der Waals surface area contributed by atoms with Crippen molar-refractivity contribution in [3.05, 3.63) is 51.6 Å². The molecule has 0 radical (unpaired) electrons. The van der Waals surface area contributed by atoms with Crippen LogP contribution in [-0.2, 0) is 9.53 Å². The average molecular weight is 312 g/mol. The molecule has 20 heavy (non-hydrogen) atoms. The standard InChI is InChI=1S/C14H14ClNO3S/c1-18-11(12-3-4-13(15)20-12)8-16-14(17)5-2-10-6-7-19-9-10/h2-7,9,11H,8H2,1H3,(H,16,17)/b5-2+. The van der Waals surface area contributed by atoms with Gasteiger partial charge in [0, 0.05) is 30.2 Å². The number of amides is 1. The highest BCUT2D eigenvalue weighted by atomic mass is 35.5. The van der Waals surface area contributed by atoms with Gasteiger partial charge in [-0.25, -0.2) is 0 Å². The molecule has 2 aromatic heterocycles. The van der Waals surface area contributed by atoms with Crippen molar-refractivity contribution in [2.75, 3.05) is 13.7 Å². The van der Waals surface area contributed by atoms with Crippen LogP contribution in [0.25, 0.3) is 6.08 Å². The molecular formula is C14H14ClNO3S. The minimum Gasteiger partial charge on any atom is -0.472 e. The molecule has 106 valence electrons. The lowest BCUT2D eigenvalue weighted by Gasteiger charge is -2.13. The van der Waals surface area contributed by atoms with Crippen molar-refractivity contribution in [1.29, 1.82) is 0 Å². The van der Waals surface area contributed by atoms with E-state index in [1.807, 2.05) is 12.1 Å². The third-order valence-electron chi connectivity index (χ3n) is 2.63. The second-order valence-corrected chi connectivity index (χ2v) is 5.75. The van der Waals surface area contributed by atoms with Crippen LogP contribution in [0.5, 0.6) is 0 Å². The lowest BCUT2D eigenvalue weighted by atomic mass is 10.2. The zero-order valence-electron chi connectivity index (χ0n) is 10.8. The number of ether oxygens (including phenoxy) is 1. The number of carbonyl (C=O) groups excluding carboxylic acids is 1. The van der Waals surface area contributed by atoms with Crippen molar-refractivity contribution in [1.82, 2.24) is 5.32 Å². The lowest BCUT2D eigenvalue weighted by Crippen LogP contribution is -2.27. The van der Waals surface area contributed by atoms with Crippen LogP contribution in [0.3, 0.4) is 0 Å². The summed E-state index contributed by atoms with van der Waals surface area (Å²) >= 11 is 7.33. The topological polar surface area (TPSA) is 51.5 Å². The van der Waals surface area contributed by atoms with Gasteiger partial charge in [0.2, 0.25) is 5.91 Å². The highest BCUT2D eigenvalue weighted by molar-refractivity contribution is 7.16. The van der Waals surface area contributed by atoms with Gasteiger partial charge in [0.05, 0.1) is 16.9 Å². The number of nitrogens with one attached hydrogen (secondary N) is 1. The first-order valence-electron chi connectivity index (χ1n) is 5.95. The summed E-state index contributed by atoms with van der Waals surface area (Å²) < 4.78 is 11.0. The van der Waals surface area contributed by atoms with Gasteiger partial charge in [-0.15, -0.1) is 11.3 Å².